The molecule has 0 radical (unpaired) electrons. The summed E-state index contributed by atoms with van der Waals surface area (Å²) in [7, 11) is 0. The van der Waals surface area contributed by atoms with Gasteiger partial charge in [0.25, 0.3) is 0 Å². The minimum absolute atomic E-state index is 0.0573. The minimum Gasteiger partial charge on any atom is -0.491 e. The van der Waals surface area contributed by atoms with Crippen molar-refractivity contribution in [1.82, 2.24) is 14.8 Å². The number of hydrogen-bond donors (Lipinski definition) is 0. The summed E-state index contributed by atoms with van der Waals surface area (Å²) < 4.78 is 35.4. The molecule has 0 saturated heterocycles. The average Bonchev–Trinajstić information content (AvgIpc) is 3.06. The molecule has 128 valence electrons. The monoisotopic (exact) mass is 336 g/mol. The van der Waals surface area contributed by atoms with Gasteiger partial charge in [-0.15, -0.1) is 0 Å². The molecule has 6 nitrogen and oxygen atoms in total. The Morgan fingerprint density at radius 3 is 2.83 bits per heavy atom. The van der Waals surface area contributed by atoms with Crippen LogP contribution in [0.4, 0.5) is 8.78 Å². The van der Waals surface area contributed by atoms with Gasteiger partial charge in [0.2, 0.25) is 6.30 Å². The van der Waals surface area contributed by atoms with Crippen LogP contribution in [-0.4, -0.2) is 33.2 Å². The topological polar surface area (TPSA) is 61.5 Å². The lowest BCUT2D eigenvalue weighted by atomic mass is 10.1. The Bertz CT molecular complexity index is 702. The smallest absolute Gasteiger partial charge is 0.239 e. The molecule has 1 aromatic heterocycles. The summed E-state index contributed by atoms with van der Waals surface area (Å²) in [5.74, 6) is -0.342. The Morgan fingerprint density at radius 1 is 1.46 bits per heavy atom. The van der Waals surface area contributed by atoms with Gasteiger partial charge in [-0.1, -0.05) is 17.8 Å². The van der Waals surface area contributed by atoms with Crippen molar-refractivity contribution >= 4 is 5.71 Å². The Balaban J connectivity index is 2.36. The second kappa shape index (κ2) is 8.19. The summed E-state index contributed by atoms with van der Waals surface area (Å²) in [4.78, 5) is 8.61. The van der Waals surface area contributed by atoms with Crippen molar-refractivity contribution in [2.75, 3.05) is 6.61 Å². The van der Waals surface area contributed by atoms with Gasteiger partial charge < -0.3 is 9.57 Å². The zero-order chi connectivity index (χ0) is 17.5. The van der Waals surface area contributed by atoms with Crippen molar-refractivity contribution in [1.29, 1.82) is 0 Å². The van der Waals surface area contributed by atoms with E-state index in [1.165, 1.54) is 36.9 Å². The lowest BCUT2D eigenvalue weighted by molar-refractivity contribution is 0.168. The first kappa shape index (κ1) is 17.6. The van der Waals surface area contributed by atoms with Crippen LogP contribution in [0, 0.1) is 5.82 Å². The molecule has 24 heavy (non-hydrogen) atoms. The van der Waals surface area contributed by atoms with Crippen LogP contribution in [0.1, 0.15) is 25.7 Å². The molecule has 0 amide bonds. The molecule has 0 fully saturated rings. The molecular formula is C16H18F2N4O2. The highest BCUT2D eigenvalue weighted by Crippen LogP contribution is 2.23. The summed E-state index contributed by atoms with van der Waals surface area (Å²) in [6, 6.07) is 4.09. The summed E-state index contributed by atoms with van der Waals surface area (Å²) in [6.45, 7) is 7.18. The van der Waals surface area contributed by atoms with Crippen LogP contribution in [0.5, 0.6) is 5.75 Å². The van der Waals surface area contributed by atoms with E-state index < -0.39 is 12.1 Å². The van der Waals surface area contributed by atoms with E-state index in [-0.39, 0.29) is 24.0 Å². The normalized spacial score (nSPS) is 13.0. The molecule has 1 unspecified atom stereocenters. The van der Waals surface area contributed by atoms with Crippen LogP contribution in [-0.2, 0) is 4.84 Å². The highest BCUT2D eigenvalue weighted by Gasteiger charge is 2.24. The zero-order valence-electron chi connectivity index (χ0n) is 13.4. The van der Waals surface area contributed by atoms with Crippen LogP contribution < -0.4 is 4.74 Å². The average molecular weight is 336 g/mol. The standard InChI is InChI=1S/C16H18F2N4O2/c1-4-7-23-21-15(16(18)22-10-19-9-20-22)13-6-5-12(8-14(13)17)24-11(2)3/h4-6,8-11,16H,1,7H2,2-3H3. The van der Waals surface area contributed by atoms with E-state index in [2.05, 4.69) is 21.8 Å². The van der Waals surface area contributed by atoms with Gasteiger partial charge in [-0.2, -0.15) is 5.10 Å². The van der Waals surface area contributed by atoms with Gasteiger partial charge in [0, 0.05) is 11.6 Å². The van der Waals surface area contributed by atoms with Crippen molar-refractivity contribution in [3.05, 3.63) is 54.9 Å². The number of halogens is 2. The Kier molecular flexibility index (Phi) is 6.00. The highest BCUT2D eigenvalue weighted by molar-refractivity contribution is 6.02. The molecule has 2 rings (SSSR count). The first-order valence-corrected chi connectivity index (χ1v) is 7.28. The Morgan fingerprint density at radius 2 is 2.25 bits per heavy atom. The number of rotatable bonds is 8. The largest absolute Gasteiger partial charge is 0.491 e. The summed E-state index contributed by atoms with van der Waals surface area (Å²) >= 11 is 0. The maximum atomic E-state index is 14.7. The van der Waals surface area contributed by atoms with Crippen molar-refractivity contribution in [3.63, 3.8) is 0 Å². The van der Waals surface area contributed by atoms with E-state index in [0.29, 0.717) is 5.75 Å². The van der Waals surface area contributed by atoms with E-state index in [4.69, 9.17) is 9.57 Å². The fourth-order valence-electron chi connectivity index (χ4n) is 1.89. The Labute approximate surface area is 138 Å². The van der Waals surface area contributed by atoms with E-state index in [0.717, 1.165) is 4.68 Å². The maximum Gasteiger partial charge on any atom is 0.239 e. The van der Waals surface area contributed by atoms with Gasteiger partial charge in [-0.3, -0.25) is 0 Å². The van der Waals surface area contributed by atoms with E-state index >= 15 is 0 Å². The molecule has 0 aliphatic carbocycles. The lowest BCUT2D eigenvalue weighted by Gasteiger charge is -2.14. The molecule has 1 heterocycles. The van der Waals surface area contributed by atoms with Crippen LogP contribution in [0.2, 0.25) is 0 Å². The van der Waals surface area contributed by atoms with Gasteiger partial charge in [0.15, 0.2) is 0 Å². The number of aromatic nitrogens is 3. The van der Waals surface area contributed by atoms with Gasteiger partial charge in [0.1, 0.15) is 36.5 Å². The van der Waals surface area contributed by atoms with Crippen molar-refractivity contribution < 1.29 is 18.4 Å². The third kappa shape index (κ3) is 4.37. The number of nitrogens with zero attached hydrogens (tertiary/aromatic N) is 4. The predicted octanol–water partition coefficient (Wildman–Crippen LogP) is 3.28. The summed E-state index contributed by atoms with van der Waals surface area (Å²) in [5.41, 5.74) is -0.325. The SMILES string of the molecule is C=CCON=C(c1ccc(OC(C)C)cc1F)C(F)n1cncn1. The first-order chi connectivity index (χ1) is 11.5. The molecule has 1 atom stereocenters. The highest BCUT2D eigenvalue weighted by atomic mass is 19.1. The summed E-state index contributed by atoms with van der Waals surface area (Å²) in [6.07, 6.45) is 1.82. The fraction of sp³-hybridized carbons (Fsp3) is 0.312. The molecule has 0 bridgehead atoms. The molecule has 0 aliphatic rings. The Hall–Kier alpha value is -2.77. The number of benzene rings is 1. The fourth-order valence-corrected chi connectivity index (χ4v) is 1.89. The van der Waals surface area contributed by atoms with Crippen LogP contribution in [0.15, 0.2) is 48.7 Å². The van der Waals surface area contributed by atoms with Crippen LogP contribution in [0.25, 0.3) is 0 Å². The number of ether oxygens (including phenoxy) is 1. The third-order valence-electron chi connectivity index (χ3n) is 2.84. The second-order valence-electron chi connectivity index (χ2n) is 5.08. The van der Waals surface area contributed by atoms with Gasteiger partial charge in [0.05, 0.1) is 6.10 Å². The predicted molar refractivity (Wildman–Crippen MR) is 85.0 cm³/mol. The minimum atomic E-state index is -1.86. The van der Waals surface area contributed by atoms with Crippen molar-refractivity contribution in [2.24, 2.45) is 5.16 Å². The molecule has 0 N–H and O–H groups in total. The van der Waals surface area contributed by atoms with Crippen LogP contribution >= 0.6 is 0 Å². The van der Waals surface area contributed by atoms with Crippen molar-refractivity contribution in [2.45, 2.75) is 26.2 Å². The molecular weight excluding hydrogens is 318 g/mol. The molecule has 0 aliphatic heterocycles. The van der Waals surface area contributed by atoms with E-state index in [1.54, 1.807) is 0 Å². The quantitative estimate of drug-likeness (QED) is 0.321. The summed E-state index contributed by atoms with van der Waals surface area (Å²) in [5, 5.41) is 7.40. The molecule has 1 aromatic carbocycles. The van der Waals surface area contributed by atoms with Gasteiger partial charge >= 0.3 is 0 Å². The molecule has 8 heteroatoms. The molecule has 0 saturated carbocycles. The number of hydrogen-bond acceptors (Lipinski definition) is 5. The second-order valence-corrected chi connectivity index (χ2v) is 5.08. The van der Waals surface area contributed by atoms with E-state index in [1.807, 2.05) is 13.8 Å². The number of alkyl halides is 1. The maximum absolute atomic E-state index is 14.7. The van der Waals surface area contributed by atoms with E-state index in [9.17, 15) is 8.78 Å². The molecule has 2 aromatic rings. The lowest BCUT2D eigenvalue weighted by Crippen LogP contribution is -2.19. The molecule has 0 spiro atoms. The van der Waals surface area contributed by atoms with Crippen molar-refractivity contribution in [3.8, 4) is 5.75 Å². The van der Waals surface area contributed by atoms with Crippen LogP contribution in [0.3, 0.4) is 0 Å². The third-order valence-corrected chi connectivity index (χ3v) is 2.84. The first-order valence-electron chi connectivity index (χ1n) is 7.28. The zero-order valence-corrected chi connectivity index (χ0v) is 13.4. The number of oxime groups is 1. The van der Waals surface area contributed by atoms with Gasteiger partial charge in [-0.05, 0) is 26.0 Å². The van der Waals surface area contributed by atoms with Gasteiger partial charge in [-0.25, -0.2) is 18.4 Å².